The molecule has 0 aliphatic carbocycles. The molecular formula is C25H23FN2O2. The van der Waals surface area contributed by atoms with Crippen molar-refractivity contribution in [2.45, 2.75) is 12.5 Å². The van der Waals surface area contributed by atoms with E-state index in [0.717, 1.165) is 28.3 Å². The first-order valence-electron chi connectivity index (χ1n) is 9.75. The van der Waals surface area contributed by atoms with Gasteiger partial charge in [-0.05, 0) is 53.6 Å². The van der Waals surface area contributed by atoms with E-state index in [9.17, 15) is 4.39 Å². The fraction of sp³-hybridized carbons (Fsp3) is 0.160. The van der Waals surface area contributed by atoms with Crippen LogP contribution in [0.4, 0.5) is 10.1 Å². The Balaban J connectivity index is 1.63. The molecule has 0 amide bonds. The molecular weight excluding hydrogens is 379 g/mol. The summed E-state index contributed by atoms with van der Waals surface area (Å²) in [6.07, 6.45) is 4.67. The SMILES string of the molecule is COc1ccc(/C=C\C2=NN(c3ccccc3F)[C@@H](c3ccc(OC)cc3)C2)cc1. The van der Waals surface area contributed by atoms with Crippen molar-refractivity contribution in [3.05, 3.63) is 95.8 Å². The zero-order chi connectivity index (χ0) is 20.9. The highest BCUT2D eigenvalue weighted by Crippen LogP contribution is 2.37. The highest BCUT2D eigenvalue weighted by molar-refractivity contribution is 6.01. The Morgan fingerprint density at radius 1 is 0.867 bits per heavy atom. The molecule has 0 fully saturated rings. The van der Waals surface area contributed by atoms with Crippen molar-refractivity contribution in [3.63, 3.8) is 0 Å². The molecule has 3 aromatic rings. The third kappa shape index (κ3) is 4.20. The zero-order valence-corrected chi connectivity index (χ0v) is 17.0. The van der Waals surface area contributed by atoms with E-state index >= 15 is 0 Å². The summed E-state index contributed by atoms with van der Waals surface area (Å²) in [4.78, 5) is 0. The molecule has 5 heteroatoms. The molecule has 1 aliphatic rings. The van der Waals surface area contributed by atoms with E-state index in [1.165, 1.54) is 6.07 Å². The van der Waals surface area contributed by atoms with E-state index in [0.29, 0.717) is 12.1 Å². The van der Waals surface area contributed by atoms with Crippen molar-refractivity contribution in [3.8, 4) is 11.5 Å². The molecule has 0 radical (unpaired) electrons. The molecule has 1 heterocycles. The van der Waals surface area contributed by atoms with Gasteiger partial charge >= 0.3 is 0 Å². The first-order valence-corrected chi connectivity index (χ1v) is 9.75. The number of para-hydroxylation sites is 1. The van der Waals surface area contributed by atoms with Crippen LogP contribution >= 0.6 is 0 Å². The Morgan fingerprint density at radius 3 is 2.13 bits per heavy atom. The molecule has 1 atom stereocenters. The van der Waals surface area contributed by atoms with Gasteiger partial charge in [-0.3, -0.25) is 5.01 Å². The lowest BCUT2D eigenvalue weighted by Gasteiger charge is -2.24. The number of hydrazone groups is 1. The highest BCUT2D eigenvalue weighted by Gasteiger charge is 2.29. The van der Waals surface area contributed by atoms with Gasteiger partial charge in [0.05, 0.1) is 31.7 Å². The summed E-state index contributed by atoms with van der Waals surface area (Å²) < 4.78 is 25.0. The standard InChI is InChI=1S/C25H23FN2O2/c1-29-21-13-8-18(9-14-21)7-12-20-17-25(19-10-15-22(30-2)16-11-19)28(27-20)24-6-4-3-5-23(24)26/h3-16,25H,17H2,1-2H3/b12-7-/t25-/m1/s1. The molecule has 3 aromatic carbocycles. The summed E-state index contributed by atoms with van der Waals surface area (Å²) in [6, 6.07) is 22.3. The fourth-order valence-electron chi connectivity index (χ4n) is 3.49. The second-order valence-electron chi connectivity index (χ2n) is 6.99. The first kappa shape index (κ1) is 19.7. The van der Waals surface area contributed by atoms with Gasteiger partial charge in [0.25, 0.3) is 0 Å². The lowest BCUT2D eigenvalue weighted by molar-refractivity contribution is 0.414. The third-order valence-corrected chi connectivity index (χ3v) is 5.12. The van der Waals surface area contributed by atoms with Crippen LogP contribution in [0, 0.1) is 5.82 Å². The quantitative estimate of drug-likeness (QED) is 0.518. The number of halogens is 1. The molecule has 4 nitrogen and oxygen atoms in total. The van der Waals surface area contributed by atoms with Crippen molar-refractivity contribution < 1.29 is 13.9 Å². The van der Waals surface area contributed by atoms with Crippen LogP contribution in [0.3, 0.4) is 0 Å². The third-order valence-electron chi connectivity index (χ3n) is 5.12. The molecule has 0 aromatic heterocycles. The summed E-state index contributed by atoms with van der Waals surface area (Å²) in [5.74, 6) is 1.31. The smallest absolute Gasteiger partial charge is 0.148 e. The van der Waals surface area contributed by atoms with Crippen molar-refractivity contribution in [1.82, 2.24) is 0 Å². The number of hydrogen-bond donors (Lipinski definition) is 0. The number of ether oxygens (including phenoxy) is 2. The van der Waals surface area contributed by atoms with Crippen LogP contribution in [0.15, 0.2) is 84.0 Å². The summed E-state index contributed by atoms with van der Waals surface area (Å²) in [7, 11) is 3.29. The Bertz CT molecular complexity index is 1060. The molecule has 0 saturated heterocycles. The summed E-state index contributed by atoms with van der Waals surface area (Å²) >= 11 is 0. The molecule has 0 bridgehead atoms. The minimum Gasteiger partial charge on any atom is -0.497 e. The maximum atomic E-state index is 14.5. The maximum absolute atomic E-state index is 14.5. The van der Waals surface area contributed by atoms with Crippen LogP contribution < -0.4 is 14.5 Å². The van der Waals surface area contributed by atoms with Gasteiger partial charge in [0.15, 0.2) is 0 Å². The van der Waals surface area contributed by atoms with E-state index in [-0.39, 0.29) is 11.9 Å². The van der Waals surface area contributed by atoms with Gasteiger partial charge in [0.1, 0.15) is 17.3 Å². The lowest BCUT2D eigenvalue weighted by Crippen LogP contribution is -2.19. The largest absolute Gasteiger partial charge is 0.497 e. The first-order chi connectivity index (χ1) is 14.7. The van der Waals surface area contributed by atoms with E-state index < -0.39 is 0 Å². The predicted octanol–water partition coefficient (Wildman–Crippen LogP) is 5.86. The number of anilines is 1. The summed E-state index contributed by atoms with van der Waals surface area (Å²) in [6.45, 7) is 0. The normalized spacial score (nSPS) is 16.0. The second-order valence-corrected chi connectivity index (χ2v) is 6.99. The van der Waals surface area contributed by atoms with E-state index in [4.69, 9.17) is 14.6 Å². The molecule has 0 spiro atoms. The molecule has 4 rings (SSSR count). The van der Waals surface area contributed by atoms with Crippen LogP contribution in [0.1, 0.15) is 23.6 Å². The number of allylic oxidation sites excluding steroid dienone is 1. The summed E-state index contributed by atoms with van der Waals surface area (Å²) in [5, 5.41) is 6.50. The average Bonchev–Trinajstić information content (AvgIpc) is 3.22. The Hall–Kier alpha value is -3.60. The van der Waals surface area contributed by atoms with Crippen LogP contribution in [-0.2, 0) is 0 Å². The van der Waals surface area contributed by atoms with E-state index in [2.05, 4.69) is 0 Å². The minimum atomic E-state index is -0.292. The maximum Gasteiger partial charge on any atom is 0.148 e. The van der Waals surface area contributed by atoms with Crippen LogP contribution in [0.2, 0.25) is 0 Å². The van der Waals surface area contributed by atoms with E-state index in [1.807, 2.05) is 66.7 Å². The van der Waals surface area contributed by atoms with Gasteiger partial charge in [-0.15, -0.1) is 0 Å². The summed E-state index contributed by atoms with van der Waals surface area (Å²) in [5.41, 5.74) is 3.44. The topological polar surface area (TPSA) is 34.1 Å². The molecule has 30 heavy (non-hydrogen) atoms. The molecule has 1 aliphatic heterocycles. The molecule has 0 N–H and O–H groups in total. The van der Waals surface area contributed by atoms with E-state index in [1.54, 1.807) is 31.4 Å². The molecule has 0 unspecified atom stereocenters. The Morgan fingerprint density at radius 2 is 1.50 bits per heavy atom. The minimum absolute atomic E-state index is 0.0941. The fourth-order valence-corrected chi connectivity index (χ4v) is 3.49. The van der Waals surface area contributed by atoms with Crippen molar-refractivity contribution >= 4 is 17.5 Å². The number of methoxy groups -OCH3 is 2. The van der Waals surface area contributed by atoms with Crippen molar-refractivity contribution in [1.29, 1.82) is 0 Å². The number of nitrogens with zero attached hydrogens (tertiary/aromatic N) is 2. The molecule has 152 valence electrons. The van der Waals surface area contributed by atoms with Gasteiger partial charge in [0, 0.05) is 6.42 Å². The van der Waals surface area contributed by atoms with Gasteiger partial charge in [-0.25, -0.2) is 4.39 Å². The number of benzene rings is 3. The second kappa shape index (κ2) is 8.82. The van der Waals surface area contributed by atoms with Crippen LogP contribution in [-0.4, -0.2) is 19.9 Å². The predicted molar refractivity (Wildman–Crippen MR) is 119 cm³/mol. The van der Waals surface area contributed by atoms with Crippen molar-refractivity contribution in [2.75, 3.05) is 19.2 Å². The Labute approximate surface area is 175 Å². The van der Waals surface area contributed by atoms with Gasteiger partial charge < -0.3 is 9.47 Å². The van der Waals surface area contributed by atoms with Crippen LogP contribution in [0.25, 0.3) is 6.08 Å². The Kier molecular flexibility index (Phi) is 5.80. The number of hydrogen-bond acceptors (Lipinski definition) is 4. The van der Waals surface area contributed by atoms with Crippen LogP contribution in [0.5, 0.6) is 11.5 Å². The zero-order valence-electron chi connectivity index (χ0n) is 17.0. The molecule has 0 saturated carbocycles. The number of rotatable bonds is 6. The van der Waals surface area contributed by atoms with Gasteiger partial charge in [-0.2, -0.15) is 5.10 Å². The van der Waals surface area contributed by atoms with Crippen molar-refractivity contribution in [2.24, 2.45) is 5.10 Å². The monoisotopic (exact) mass is 402 g/mol. The van der Waals surface area contributed by atoms with Gasteiger partial charge in [-0.1, -0.05) is 42.5 Å². The lowest BCUT2D eigenvalue weighted by atomic mass is 10.0. The average molecular weight is 402 g/mol. The highest BCUT2D eigenvalue weighted by atomic mass is 19.1. The van der Waals surface area contributed by atoms with Gasteiger partial charge in [0.2, 0.25) is 0 Å².